The summed E-state index contributed by atoms with van der Waals surface area (Å²) in [6, 6.07) is 29.0. The van der Waals surface area contributed by atoms with Gasteiger partial charge in [0.1, 0.15) is 5.76 Å². The van der Waals surface area contributed by atoms with Crippen LogP contribution in [0.5, 0.6) is 0 Å². The summed E-state index contributed by atoms with van der Waals surface area (Å²) < 4.78 is 5.52. The fourth-order valence-electron chi connectivity index (χ4n) is 3.09. The number of rotatable bonds is 4. The Morgan fingerprint density at radius 1 is 0.667 bits per heavy atom. The molecule has 3 aromatic carbocycles. The topological polar surface area (TPSA) is 47.3 Å². The van der Waals surface area contributed by atoms with Crippen molar-refractivity contribution in [3.05, 3.63) is 119 Å². The summed E-state index contributed by atoms with van der Waals surface area (Å²) >= 11 is 0. The van der Waals surface area contributed by atoms with Gasteiger partial charge in [0.15, 0.2) is 5.78 Å². The van der Waals surface area contributed by atoms with E-state index in [1.807, 2.05) is 78.9 Å². The van der Waals surface area contributed by atoms with Crippen molar-refractivity contribution in [2.75, 3.05) is 0 Å². The van der Waals surface area contributed by atoms with Crippen LogP contribution in [0.15, 0.2) is 106 Å². The monoisotopic (exact) mass is 352 g/mol. The van der Waals surface area contributed by atoms with Crippen molar-refractivity contribution < 1.29 is 9.21 Å². The maximum Gasteiger partial charge on any atom is 0.336 e. The van der Waals surface area contributed by atoms with E-state index in [0.29, 0.717) is 22.3 Å². The molecule has 0 amide bonds. The maximum absolute atomic E-state index is 13.4. The summed E-state index contributed by atoms with van der Waals surface area (Å²) in [4.78, 5) is 25.7. The van der Waals surface area contributed by atoms with Gasteiger partial charge in [-0.25, -0.2) is 4.79 Å². The van der Waals surface area contributed by atoms with E-state index in [1.54, 1.807) is 12.1 Å². The van der Waals surface area contributed by atoms with Crippen LogP contribution in [0.3, 0.4) is 0 Å². The number of carbonyl (C=O) groups is 1. The fraction of sp³-hybridized carbons (Fsp3) is 0. The smallest absolute Gasteiger partial charge is 0.336 e. The molecule has 0 aliphatic heterocycles. The number of hydrogen-bond acceptors (Lipinski definition) is 3. The maximum atomic E-state index is 13.4. The van der Waals surface area contributed by atoms with Gasteiger partial charge >= 0.3 is 5.63 Å². The van der Waals surface area contributed by atoms with E-state index in [9.17, 15) is 9.59 Å². The lowest BCUT2D eigenvalue weighted by molar-refractivity contribution is 0.103. The average molecular weight is 352 g/mol. The molecule has 0 fully saturated rings. The highest BCUT2D eigenvalue weighted by atomic mass is 16.4. The van der Waals surface area contributed by atoms with Crippen molar-refractivity contribution in [1.82, 2.24) is 0 Å². The number of carbonyl (C=O) groups excluding carboxylic acids is 1. The van der Waals surface area contributed by atoms with Gasteiger partial charge in [0.2, 0.25) is 0 Å². The Morgan fingerprint density at radius 3 is 1.78 bits per heavy atom. The van der Waals surface area contributed by atoms with Gasteiger partial charge in [-0.2, -0.15) is 0 Å². The molecule has 130 valence electrons. The molecule has 0 aliphatic rings. The lowest BCUT2D eigenvalue weighted by Gasteiger charge is -2.13. The minimum absolute atomic E-state index is 0.183. The van der Waals surface area contributed by atoms with Crippen molar-refractivity contribution in [3.8, 4) is 22.5 Å². The van der Waals surface area contributed by atoms with Gasteiger partial charge in [0, 0.05) is 22.8 Å². The average Bonchev–Trinajstić information content (AvgIpc) is 2.74. The summed E-state index contributed by atoms with van der Waals surface area (Å²) in [5.74, 6) is 0.105. The summed E-state index contributed by atoms with van der Waals surface area (Å²) in [6.45, 7) is 0. The quantitative estimate of drug-likeness (QED) is 0.474. The molecule has 0 atom stereocenters. The van der Waals surface area contributed by atoms with Crippen LogP contribution in [0.25, 0.3) is 22.5 Å². The minimum atomic E-state index is -0.489. The Labute approximate surface area is 156 Å². The zero-order valence-electron chi connectivity index (χ0n) is 14.5. The summed E-state index contributed by atoms with van der Waals surface area (Å²) in [6.07, 6.45) is 0. The van der Waals surface area contributed by atoms with E-state index >= 15 is 0 Å². The molecule has 0 unspecified atom stereocenters. The number of benzene rings is 3. The lowest BCUT2D eigenvalue weighted by atomic mass is 9.91. The van der Waals surface area contributed by atoms with Gasteiger partial charge in [-0.3, -0.25) is 4.79 Å². The summed E-state index contributed by atoms with van der Waals surface area (Å²) in [5, 5.41) is 0. The van der Waals surface area contributed by atoms with Crippen molar-refractivity contribution >= 4 is 5.78 Å². The minimum Gasteiger partial charge on any atom is -0.422 e. The highest BCUT2D eigenvalue weighted by Gasteiger charge is 2.23. The number of ketones is 1. The van der Waals surface area contributed by atoms with E-state index in [-0.39, 0.29) is 11.5 Å². The molecular formula is C24H16O3. The van der Waals surface area contributed by atoms with Crippen LogP contribution in [0.1, 0.15) is 15.9 Å². The predicted octanol–water partition coefficient (Wildman–Crippen LogP) is 5.20. The molecule has 3 nitrogen and oxygen atoms in total. The molecular weight excluding hydrogens is 336 g/mol. The molecule has 4 rings (SSSR count). The van der Waals surface area contributed by atoms with Gasteiger partial charge in [-0.15, -0.1) is 0 Å². The summed E-state index contributed by atoms with van der Waals surface area (Å²) in [7, 11) is 0. The molecule has 0 radical (unpaired) electrons. The second kappa shape index (κ2) is 7.26. The van der Waals surface area contributed by atoms with Crippen LogP contribution in [0, 0.1) is 0 Å². The first-order chi connectivity index (χ1) is 13.2. The predicted molar refractivity (Wildman–Crippen MR) is 106 cm³/mol. The van der Waals surface area contributed by atoms with Crippen LogP contribution >= 0.6 is 0 Å². The van der Waals surface area contributed by atoms with Crippen LogP contribution in [0.4, 0.5) is 0 Å². The highest BCUT2D eigenvalue weighted by molar-refractivity contribution is 6.15. The Kier molecular flexibility index (Phi) is 4.50. The van der Waals surface area contributed by atoms with E-state index in [1.165, 1.54) is 6.07 Å². The molecule has 0 N–H and O–H groups in total. The Hall–Kier alpha value is -3.72. The lowest BCUT2D eigenvalue weighted by Crippen LogP contribution is -2.11. The van der Waals surface area contributed by atoms with Crippen LogP contribution in [0.2, 0.25) is 0 Å². The first-order valence-electron chi connectivity index (χ1n) is 8.63. The largest absolute Gasteiger partial charge is 0.422 e. The molecule has 1 aromatic heterocycles. The third-order valence-corrected chi connectivity index (χ3v) is 4.35. The Balaban J connectivity index is 2.04. The van der Waals surface area contributed by atoms with E-state index in [2.05, 4.69) is 0 Å². The normalized spacial score (nSPS) is 10.5. The van der Waals surface area contributed by atoms with Gasteiger partial charge in [-0.05, 0) is 5.56 Å². The van der Waals surface area contributed by atoms with Crippen molar-refractivity contribution in [3.63, 3.8) is 0 Å². The third-order valence-electron chi connectivity index (χ3n) is 4.35. The Morgan fingerprint density at radius 2 is 1.19 bits per heavy atom. The first-order valence-corrected chi connectivity index (χ1v) is 8.63. The van der Waals surface area contributed by atoms with Crippen LogP contribution in [-0.2, 0) is 0 Å². The standard InChI is InChI=1S/C24H16O3/c25-21-16-20(17-10-4-1-5-11-17)22(23(26)18-12-6-2-7-13-18)24(27-21)19-14-8-3-9-15-19/h1-16H. The van der Waals surface area contributed by atoms with Crippen LogP contribution in [-0.4, -0.2) is 5.78 Å². The van der Waals surface area contributed by atoms with Crippen molar-refractivity contribution in [1.29, 1.82) is 0 Å². The van der Waals surface area contributed by atoms with Gasteiger partial charge in [0.05, 0.1) is 5.56 Å². The molecule has 3 heteroatoms. The molecule has 1 heterocycles. The fourth-order valence-corrected chi connectivity index (χ4v) is 3.09. The third kappa shape index (κ3) is 3.35. The zero-order valence-corrected chi connectivity index (χ0v) is 14.5. The summed E-state index contributed by atoms with van der Waals surface area (Å²) in [5.41, 5.74) is 2.49. The number of hydrogen-bond donors (Lipinski definition) is 0. The molecule has 27 heavy (non-hydrogen) atoms. The van der Waals surface area contributed by atoms with E-state index < -0.39 is 5.63 Å². The van der Waals surface area contributed by atoms with E-state index in [0.717, 1.165) is 5.56 Å². The first kappa shape index (κ1) is 16.7. The van der Waals surface area contributed by atoms with Crippen LogP contribution < -0.4 is 5.63 Å². The molecule has 0 aliphatic carbocycles. The van der Waals surface area contributed by atoms with Gasteiger partial charge in [-0.1, -0.05) is 91.0 Å². The van der Waals surface area contributed by atoms with E-state index in [4.69, 9.17) is 4.42 Å². The molecule has 0 bridgehead atoms. The highest BCUT2D eigenvalue weighted by Crippen LogP contribution is 2.32. The molecule has 0 saturated heterocycles. The molecule has 0 saturated carbocycles. The SMILES string of the molecule is O=C(c1ccccc1)c1c(-c2ccccc2)cc(=O)oc1-c1ccccc1. The van der Waals surface area contributed by atoms with Crippen molar-refractivity contribution in [2.24, 2.45) is 0 Å². The second-order valence-electron chi connectivity index (χ2n) is 6.11. The second-order valence-corrected chi connectivity index (χ2v) is 6.11. The molecule has 4 aromatic rings. The van der Waals surface area contributed by atoms with Crippen molar-refractivity contribution in [2.45, 2.75) is 0 Å². The van der Waals surface area contributed by atoms with Gasteiger partial charge in [0.25, 0.3) is 0 Å². The molecule has 0 spiro atoms. The Bertz CT molecular complexity index is 1060. The zero-order chi connectivity index (χ0) is 18.6. The van der Waals surface area contributed by atoms with Gasteiger partial charge < -0.3 is 4.42 Å².